The van der Waals surface area contributed by atoms with Crippen molar-refractivity contribution in [1.82, 2.24) is 5.43 Å². The summed E-state index contributed by atoms with van der Waals surface area (Å²) < 4.78 is 28.3. The molecule has 0 atom stereocenters. The molecule has 0 saturated heterocycles. The first-order chi connectivity index (χ1) is 21.5. The van der Waals surface area contributed by atoms with Crippen molar-refractivity contribution < 1.29 is 33.3 Å². The summed E-state index contributed by atoms with van der Waals surface area (Å²) in [6, 6.07) is 27.0. The van der Waals surface area contributed by atoms with Crippen molar-refractivity contribution in [2.45, 2.75) is 20.5 Å². The zero-order chi connectivity index (χ0) is 31.1. The second kappa shape index (κ2) is 16.2. The number of benzene rings is 4. The van der Waals surface area contributed by atoms with Crippen LogP contribution in [0, 0.1) is 0 Å². The number of nitrogens with zero attached hydrogens (tertiary/aromatic N) is 1. The first-order valence-corrected chi connectivity index (χ1v) is 14.1. The number of rotatable bonds is 15. The number of hydrazone groups is 1. The van der Waals surface area contributed by atoms with Gasteiger partial charge in [0.15, 0.2) is 29.6 Å². The van der Waals surface area contributed by atoms with Gasteiger partial charge in [0.2, 0.25) is 0 Å². The molecule has 228 valence electrons. The van der Waals surface area contributed by atoms with Crippen LogP contribution >= 0.6 is 0 Å². The fraction of sp³-hybridized carbons (Fsp3) is 0.206. The van der Waals surface area contributed by atoms with Crippen LogP contribution in [-0.4, -0.2) is 45.0 Å². The minimum Gasteiger partial charge on any atom is -0.495 e. The van der Waals surface area contributed by atoms with E-state index in [-0.39, 0.29) is 12.5 Å². The quantitative estimate of drug-likeness (QED) is 0.130. The van der Waals surface area contributed by atoms with Crippen LogP contribution in [-0.2, 0) is 11.4 Å². The minimum atomic E-state index is -0.414. The molecule has 0 unspecified atom stereocenters. The molecule has 4 rings (SSSR count). The van der Waals surface area contributed by atoms with E-state index in [2.05, 4.69) is 15.8 Å². The molecule has 0 bridgehead atoms. The van der Waals surface area contributed by atoms with Gasteiger partial charge in [-0.2, -0.15) is 5.10 Å². The van der Waals surface area contributed by atoms with Crippen LogP contribution in [0.2, 0.25) is 0 Å². The van der Waals surface area contributed by atoms with Crippen LogP contribution in [0.4, 0.5) is 5.69 Å². The van der Waals surface area contributed by atoms with Crippen LogP contribution in [0.3, 0.4) is 0 Å². The van der Waals surface area contributed by atoms with Crippen molar-refractivity contribution in [1.29, 1.82) is 0 Å². The number of carbonyl (C=O) groups is 2. The van der Waals surface area contributed by atoms with E-state index in [4.69, 9.17) is 23.7 Å². The van der Waals surface area contributed by atoms with Crippen molar-refractivity contribution in [3.63, 3.8) is 0 Å². The van der Waals surface area contributed by atoms with E-state index in [0.29, 0.717) is 65.4 Å². The SMILES string of the molecule is CCOc1cc(/C=N/NC(=O)c2ccc(OCc3ccccc3)c(OCC)c2)ccc1OCC(=O)Nc1ccccc1OC. The van der Waals surface area contributed by atoms with Gasteiger partial charge in [-0.15, -0.1) is 0 Å². The summed E-state index contributed by atoms with van der Waals surface area (Å²) in [5.41, 5.74) is 5.11. The monoisotopic (exact) mass is 597 g/mol. The molecule has 0 aromatic heterocycles. The standard InChI is InChI=1S/C34H35N3O7/c1-4-41-31-19-25(15-17-29(31)44-23-33(38)36-27-13-9-10-14-28(27)40-3)21-35-37-34(39)26-16-18-30(32(20-26)42-5-2)43-22-24-11-7-6-8-12-24/h6-21H,4-5,22-23H2,1-3H3,(H,36,38)(H,37,39)/b35-21+. The molecule has 10 heteroatoms. The Hall–Kier alpha value is -5.51. The predicted octanol–water partition coefficient (Wildman–Crippen LogP) is 5.85. The van der Waals surface area contributed by atoms with Crippen molar-refractivity contribution >= 4 is 23.7 Å². The third-order valence-electron chi connectivity index (χ3n) is 6.13. The highest BCUT2D eigenvalue weighted by Crippen LogP contribution is 2.30. The Labute approximate surface area is 256 Å². The van der Waals surface area contributed by atoms with Gasteiger partial charge in [-0.3, -0.25) is 9.59 Å². The average molecular weight is 598 g/mol. The summed E-state index contributed by atoms with van der Waals surface area (Å²) in [5.74, 6) is 1.61. The van der Waals surface area contributed by atoms with Crippen molar-refractivity contribution in [2.24, 2.45) is 5.10 Å². The highest BCUT2D eigenvalue weighted by molar-refractivity contribution is 5.95. The Kier molecular flexibility index (Phi) is 11.6. The van der Waals surface area contributed by atoms with Gasteiger partial charge in [-0.05, 0) is 73.5 Å². The smallest absolute Gasteiger partial charge is 0.271 e. The van der Waals surface area contributed by atoms with E-state index >= 15 is 0 Å². The number of para-hydroxylation sites is 2. The maximum absolute atomic E-state index is 12.8. The molecule has 0 aliphatic heterocycles. The number of methoxy groups -OCH3 is 1. The van der Waals surface area contributed by atoms with Gasteiger partial charge >= 0.3 is 0 Å². The largest absolute Gasteiger partial charge is 0.495 e. The molecule has 0 heterocycles. The van der Waals surface area contributed by atoms with Crippen LogP contribution < -0.4 is 34.4 Å². The summed E-state index contributed by atoms with van der Waals surface area (Å²) >= 11 is 0. The third-order valence-corrected chi connectivity index (χ3v) is 6.13. The molecule has 4 aromatic rings. The van der Waals surface area contributed by atoms with Crippen molar-refractivity contribution in [3.05, 3.63) is 108 Å². The molecule has 4 aromatic carbocycles. The summed E-state index contributed by atoms with van der Waals surface area (Å²) in [6.07, 6.45) is 1.49. The van der Waals surface area contributed by atoms with Gasteiger partial charge in [0.05, 0.1) is 32.2 Å². The molecule has 0 aliphatic carbocycles. The van der Waals surface area contributed by atoms with Crippen molar-refractivity contribution in [3.8, 4) is 28.7 Å². The first kappa shape index (κ1) is 31.4. The van der Waals surface area contributed by atoms with E-state index < -0.39 is 5.91 Å². The Balaban J connectivity index is 1.35. The Bertz CT molecular complexity index is 1570. The van der Waals surface area contributed by atoms with E-state index in [9.17, 15) is 9.59 Å². The lowest BCUT2D eigenvalue weighted by Gasteiger charge is -2.13. The zero-order valence-corrected chi connectivity index (χ0v) is 24.9. The highest BCUT2D eigenvalue weighted by Gasteiger charge is 2.13. The summed E-state index contributed by atoms with van der Waals surface area (Å²) in [5, 5.41) is 6.86. The predicted molar refractivity (Wildman–Crippen MR) is 168 cm³/mol. The molecule has 10 nitrogen and oxygen atoms in total. The Morgan fingerprint density at radius 3 is 2.16 bits per heavy atom. The molecule has 0 saturated carbocycles. The molecular formula is C34H35N3O7. The van der Waals surface area contributed by atoms with Gasteiger partial charge in [-0.25, -0.2) is 5.43 Å². The average Bonchev–Trinajstić information content (AvgIpc) is 3.04. The molecule has 0 aliphatic rings. The lowest BCUT2D eigenvalue weighted by molar-refractivity contribution is -0.118. The van der Waals surface area contributed by atoms with E-state index in [0.717, 1.165) is 5.56 Å². The second-order valence-electron chi connectivity index (χ2n) is 9.24. The van der Waals surface area contributed by atoms with Gasteiger partial charge in [0.1, 0.15) is 12.4 Å². The van der Waals surface area contributed by atoms with E-state index in [1.165, 1.54) is 13.3 Å². The molecule has 0 spiro atoms. The summed E-state index contributed by atoms with van der Waals surface area (Å²) in [7, 11) is 1.53. The number of hydrogen-bond donors (Lipinski definition) is 2. The van der Waals surface area contributed by atoms with Gasteiger partial charge < -0.3 is 29.0 Å². The van der Waals surface area contributed by atoms with Crippen LogP contribution in [0.1, 0.15) is 35.3 Å². The molecule has 0 fully saturated rings. The number of carbonyl (C=O) groups excluding carboxylic acids is 2. The van der Waals surface area contributed by atoms with Gasteiger partial charge in [-0.1, -0.05) is 42.5 Å². The molecule has 2 amide bonds. The maximum atomic E-state index is 12.8. The number of anilines is 1. The summed E-state index contributed by atoms with van der Waals surface area (Å²) in [6.45, 7) is 4.64. The van der Waals surface area contributed by atoms with Crippen LogP contribution in [0.15, 0.2) is 96.1 Å². The van der Waals surface area contributed by atoms with Crippen molar-refractivity contribution in [2.75, 3.05) is 32.2 Å². The highest BCUT2D eigenvalue weighted by atomic mass is 16.5. The second-order valence-corrected chi connectivity index (χ2v) is 9.24. The fourth-order valence-corrected chi connectivity index (χ4v) is 4.07. The topological polar surface area (TPSA) is 117 Å². The number of ether oxygens (including phenoxy) is 5. The maximum Gasteiger partial charge on any atom is 0.271 e. The first-order valence-electron chi connectivity index (χ1n) is 14.1. The molecule has 2 N–H and O–H groups in total. The van der Waals surface area contributed by atoms with Crippen LogP contribution in [0.5, 0.6) is 28.7 Å². The Morgan fingerprint density at radius 2 is 1.41 bits per heavy atom. The lowest BCUT2D eigenvalue weighted by Crippen LogP contribution is -2.20. The molecular weight excluding hydrogens is 562 g/mol. The zero-order valence-electron chi connectivity index (χ0n) is 24.9. The summed E-state index contributed by atoms with van der Waals surface area (Å²) in [4.78, 5) is 25.3. The third kappa shape index (κ3) is 8.99. The molecule has 0 radical (unpaired) electrons. The number of nitrogens with one attached hydrogen (secondary N) is 2. The molecule has 44 heavy (non-hydrogen) atoms. The Morgan fingerprint density at radius 1 is 0.727 bits per heavy atom. The minimum absolute atomic E-state index is 0.235. The number of hydrogen-bond acceptors (Lipinski definition) is 8. The lowest BCUT2D eigenvalue weighted by atomic mass is 10.2. The normalized spacial score (nSPS) is 10.6. The number of amides is 2. The van der Waals surface area contributed by atoms with Crippen LogP contribution in [0.25, 0.3) is 0 Å². The van der Waals surface area contributed by atoms with Gasteiger partial charge in [0.25, 0.3) is 11.8 Å². The van der Waals surface area contributed by atoms with E-state index in [1.807, 2.05) is 50.2 Å². The van der Waals surface area contributed by atoms with Gasteiger partial charge in [0, 0.05) is 5.56 Å². The van der Waals surface area contributed by atoms with E-state index in [1.54, 1.807) is 54.6 Å². The fourth-order valence-electron chi connectivity index (χ4n) is 4.07.